The first-order valence-corrected chi connectivity index (χ1v) is 7.65. The van der Waals surface area contributed by atoms with Gasteiger partial charge in [0.05, 0.1) is 17.9 Å². The lowest BCUT2D eigenvalue weighted by molar-refractivity contribution is 0.0527. The molecule has 0 saturated carbocycles. The molecule has 0 aliphatic carbocycles. The summed E-state index contributed by atoms with van der Waals surface area (Å²) in [5, 5.41) is 3.08. The summed E-state index contributed by atoms with van der Waals surface area (Å²) in [4.78, 5) is 16.9. The maximum absolute atomic E-state index is 12.2. The molecule has 0 radical (unpaired) electrons. The fraction of sp³-hybridized carbons (Fsp3) is 0.562. The van der Waals surface area contributed by atoms with Crippen molar-refractivity contribution in [2.45, 2.75) is 13.8 Å². The molecule has 116 valence electrons. The number of nitrogens with one attached hydrogen (secondary N) is 1. The Kier molecular flexibility index (Phi) is 5.44. The van der Waals surface area contributed by atoms with Gasteiger partial charge in [0.2, 0.25) is 0 Å². The third kappa shape index (κ3) is 3.67. The second kappa shape index (κ2) is 7.31. The Balaban J connectivity index is 2.23. The fourth-order valence-corrected chi connectivity index (χ4v) is 2.64. The molecule has 1 saturated heterocycles. The SMILES string of the molecule is CCOC(=O)c1cc(NC)ccc1N1CCN(CC)CC1. The predicted octanol–water partition coefficient (Wildman–Crippen LogP) is 2.05. The molecule has 0 amide bonds. The van der Waals surface area contributed by atoms with E-state index in [4.69, 9.17) is 4.74 Å². The van der Waals surface area contributed by atoms with Gasteiger partial charge in [-0.3, -0.25) is 0 Å². The number of piperazine rings is 1. The van der Waals surface area contributed by atoms with Crippen LogP contribution in [0.2, 0.25) is 0 Å². The van der Waals surface area contributed by atoms with Crippen molar-refractivity contribution < 1.29 is 9.53 Å². The molecule has 0 aromatic heterocycles. The van der Waals surface area contributed by atoms with Gasteiger partial charge in [-0.25, -0.2) is 4.79 Å². The lowest BCUT2D eigenvalue weighted by atomic mass is 10.1. The lowest BCUT2D eigenvalue weighted by Crippen LogP contribution is -2.46. The summed E-state index contributed by atoms with van der Waals surface area (Å²) in [6.07, 6.45) is 0. The van der Waals surface area contributed by atoms with Crippen molar-refractivity contribution in [2.75, 3.05) is 56.6 Å². The molecule has 0 unspecified atom stereocenters. The Morgan fingerprint density at radius 1 is 1.24 bits per heavy atom. The smallest absolute Gasteiger partial charge is 0.340 e. The van der Waals surface area contributed by atoms with Gasteiger partial charge in [-0.1, -0.05) is 6.92 Å². The number of rotatable bonds is 5. The molecule has 5 heteroatoms. The standard InChI is InChI=1S/C16H25N3O2/c1-4-18-8-10-19(11-9-18)15-7-6-13(17-3)12-14(15)16(20)21-5-2/h6-7,12,17H,4-5,8-11H2,1-3H3. The summed E-state index contributed by atoms with van der Waals surface area (Å²) in [5.41, 5.74) is 2.55. The molecule has 1 N–H and O–H groups in total. The van der Waals surface area contributed by atoms with Crippen LogP contribution in [0, 0.1) is 0 Å². The molecule has 0 atom stereocenters. The molecule has 5 nitrogen and oxygen atoms in total. The number of benzene rings is 1. The van der Waals surface area contributed by atoms with Crippen molar-refractivity contribution in [3.63, 3.8) is 0 Å². The maximum Gasteiger partial charge on any atom is 0.340 e. The number of esters is 1. The van der Waals surface area contributed by atoms with E-state index in [1.54, 1.807) is 0 Å². The maximum atomic E-state index is 12.2. The van der Waals surface area contributed by atoms with E-state index in [1.807, 2.05) is 32.2 Å². The van der Waals surface area contributed by atoms with E-state index >= 15 is 0 Å². The first kappa shape index (κ1) is 15.6. The third-order valence-electron chi connectivity index (χ3n) is 3.94. The third-order valence-corrected chi connectivity index (χ3v) is 3.94. The van der Waals surface area contributed by atoms with Crippen molar-refractivity contribution in [2.24, 2.45) is 0 Å². The number of carbonyl (C=O) groups excluding carboxylic acids is 1. The molecular weight excluding hydrogens is 266 g/mol. The number of ether oxygens (including phenoxy) is 1. The van der Waals surface area contributed by atoms with Gasteiger partial charge < -0.3 is 19.9 Å². The highest BCUT2D eigenvalue weighted by molar-refractivity contribution is 5.97. The lowest BCUT2D eigenvalue weighted by Gasteiger charge is -2.36. The van der Waals surface area contributed by atoms with Crippen LogP contribution in [-0.4, -0.2) is 57.2 Å². The molecule has 1 heterocycles. The molecule has 21 heavy (non-hydrogen) atoms. The number of likely N-dealkylation sites (N-methyl/N-ethyl adjacent to an activating group) is 1. The number of hydrogen-bond acceptors (Lipinski definition) is 5. The summed E-state index contributed by atoms with van der Waals surface area (Å²) in [6, 6.07) is 5.89. The topological polar surface area (TPSA) is 44.8 Å². The second-order valence-corrected chi connectivity index (χ2v) is 5.12. The monoisotopic (exact) mass is 291 g/mol. The Labute approximate surface area is 126 Å². The van der Waals surface area contributed by atoms with Crippen molar-refractivity contribution in [1.29, 1.82) is 0 Å². The quantitative estimate of drug-likeness (QED) is 0.841. The van der Waals surface area contributed by atoms with Crippen LogP contribution in [0.25, 0.3) is 0 Å². The number of nitrogens with zero attached hydrogens (tertiary/aromatic N) is 2. The molecule has 0 bridgehead atoms. The second-order valence-electron chi connectivity index (χ2n) is 5.12. The minimum absolute atomic E-state index is 0.248. The summed E-state index contributed by atoms with van der Waals surface area (Å²) in [7, 11) is 1.85. The van der Waals surface area contributed by atoms with Crippen molar-refractivity contribution in [3.8, 4) is 0 Å². The van der Waals surface area contributed by atoms with Crippen LogP contribution in [0.15, 0.2) is 18.2 Å². The zero-order valence-corrected chi connectivity index (χ0v) is 13.2. The van der Waals surface area contributed by atoms with Gasteiger partial charge in [-0.15, -0.1) is 0 Å². The van der Waals surface area contributed by atoms with E-state index in [-0.39, 0.29) is 5.97 Å². The summed E-state index contributed by atoms with van der Waals surface area (Å²) in [6.45, 7) is 9.45. The zero-order valence-electron chi connectivity index (χ0n) is 13.2. The highest BCUT2D eigenvalue weighted by atomic mass is 16.5. The minimum Gasteiger partial charge on any atom is -0.462 e. The predicted molar refractivity (Wildman–Crippen MR) is 86.3 cm³/mol. The van der Waals surface area contributed by atoms with Gasteiger partial charge >= 0.3 is 5.97 Å². The molecule has 1 fully saturated rings. The van der Waals surface area contributed by atoms with Crippen molar-refractivity contribution in [1.82, 2.24) is 4.90 Å². The number of hydrogen-bond donors (Lipinski definition) is 1. The Morgan fingerprint density at radius 3 is 2.52 bits per heavy atom. The minimum atomic E-state index is -0.248. The Bertz CT molecular complexity index is 482. The molecule has 2 rings (SSSR count). The van der Waals surface area contributed by atoms with E-state index in [0.29, 0.717) is 12.2 Å². The largest absolute Gasteiger partial charge is 0.462 e. The van der Waals surface area contributed by atoms with Gasteiger partial charge in [-0.2, -0.15) is 0 Å². The fourth-order valence-electron chi connectivity index (χ4n) is 2.64. The van der Waals surface area contributed by atoms with E-state index in [1.165, 1.54) is 0 Å². The van der Waals surface area contributed by atoms with Crippen LogP contribution in [0.4, 0.5) is 11.4 Å². The van der Waals surface area contributed by atoms with Gasteiger partial charge in [0, 0.05) is 38.9 Å². The highest BCUT2D eigenvalue weighted by Crippen LogP contribution is 2.26. The number of carbonyl (C=O) groups is 1. The van der Waals surface area contributed by atoms with E-state index < -0.39 is 0 Å². The van der Waals surface area contributed by atoms with E-state index in [0.717, 1.165) is 44.1 Å². The summed E-state index contributed by atoms with van der Waals surface area (Å²) in [5.74, 6) is -0.248. The number of anilines is 2. The van der Waals surface area contributed by atoms with Crippen LogP contribution in [-0.2, 0) is 4.74 Å². The van der Waals surface area contributed by atoms with Crippen LogP contribution in [0.5, 0.6) is 0 Å². The van der Waals surface area contributed by atoms with Crippen molar-refractivity contribution in [3.05, 3.63) is 23.8 Å². The molecule has 1 aliphatic rings. The molecule has 1 aliphatic heterocycles. The van der Waals surface area contributed by atoms with Gasteiger partial charge in [0.1, 0.15) is 0 Å². The molecule has 1 aromatic rings. The van der Waals surface area contributed by atoms with Crippen LogP contribution >= 0.6 is 0 Å². The first-order valence-electron chi connectivity index (χ1n) is 7.65. The highest BCUT2D eigenvalue weighted by Gasteiger charge is 2.21. The average molecular weight is 291 g/mol. The summed E-state index contributed by atoms with van der Waals surface area (Å²) < 4.78 is 5.20. The molecular formula is C16H25N3O2. The van der Waals surface area contributed by atoms with Gasteiger partial charge in [0.15, 0.2) is 0 Å². The van der Waals surface area contributed by atoms with Gasteiger partial charge in [0.25, 0.3) is 0 Å². The normalized spacial score (nSPS) is 15.9. The average Bonchev–Trinajstić information content (AvgIpc) is 2.54. The Morgan fingerprint density at radius 2 is 1.95 bits per heavy atom. The zero-order chi connectivity index (χ0) is 15.2. The molecule has 0 spiro atoms. The van der Waals surface area contributed by atoms with E-state index in [9.17, 15) is 4.79 Å². The Hall–Kier alpha value is -1.75. The van der Waals surface area contributed by atoms with Crippen LogP contribution in [0.1, 0.15) is 24.2 Å². The van der Waals surface area contributed by atoms with Crippen LogP contribution < -0.4 is 10.2 Å². The first-order chi connectivity index (χ1) is 10.2. The molecule has 1 aromatic carbocycles. The van der Waals surface area contributed by atoms with Gasteiger partial charge in [-0.05, 0) is 31.7 Å². The van der Waals surface area contributed by atoms with E-state index in [2.05, 4.69) is 22.0 Å². The van der Waals surface area contributed by atoms with Crippen LogP contribution in [0.3, 0.4) is 0 Å². The van der Waals surface area contributed by atoms with Crippen molar-refractivity contribution >= 4 is 17.3 Å². The summed E-state index contributed by atoms with van der Waals surface area (Å²) >= 11 is 0.